The fraction of sp³-hybridized carbons (Fsp3) is 0.448. The number of carbonyl (C=O) groups is 2. The lowest BCUT2D eigenvalue weighted by atomic mass is 9.95. The third-order valence-corrected chi connectivity index (χ3v) is 6.34. The van der Waals surface area contributed by atoms with Gasteiger partial charge in [0.2, 0.25) is 0 Å². The van der Waals surface area contributed by atoms with Crippen LogP contribution in [-0.2, 0) is 25.6 Å². The van der Waals surface area contributed by atoms with Crippen LogP contribution in [0.5, 0.6) is 0 Å². The number of benzene rings is 2. The molecule has 2 aromatic carbocycles. The van der Waals surface area contributed by atoms with Gasteiger partial charge >= 0.3 is 11.9 Å². The van der Waals surface area contributed by atoms with Crippen LogP contribution < -0.4 is 11.5 Å². The normalized spacial score (nSPS) is 17.7. The molecule has 4 N–H and O–H groups in total. The number of carbonyl (C=O) groups excluding carboxylic acids is 2. The first-order valence-corrected chi connectivity index (χ1v) is 12.9. The van der Waals surface area contributed by atoms with Crippen LogP contribution in [0.4, 0.5) is 11.4 Å². The molecule has 0 radical (unpaired) electrons. The van der Waals surface area contributed by atoms with E-state index in [0.717, 1.165) is 44.3 Å². The Bertz CT molecular complexity index is 1010. The maximum atomic E-state index is 12.6. The van der Waals surface area contributed by atoms with Crippen LogP contribution in [0.2, 0.25) is 0 Å². The number of nitrogen functional groups attached to an aromatic ring is 2. The van der Waals surface area contributed by atoms with Crippen LogP contribution >= 0.6 is 0 Å². The van der Waals surface area contributed by atoms with E-state index in [2.05, 4.69) is 6.92 Å². The number of nitrogens with two attached hydrogens (primary N) is 2. The second-order valence-corrected chi connectivity index (χ2v) is 9.26. The van der Waals surface area contributed by atoms with Gasteiger partial charge in [-0.3, -0.25) is 0 Å². The van der Waals surface area contributed by atoms with E-state index in [9.17, 15) is 9.59 Å². The van der Waals surface area contributed by atoms with Crippen LogP contribution in [0.15, 0.2) is 48.5 Å². The van der Waals surface area contributed by atoms with E-state index in [1.807, 2.05) is 0 Å². The summed E-state index contributed by atoms with van der Waals surface area (Å²) in [6, 6.07) is 12.0. The van der Waals surface area contributed by atoms with Gasteiger partial charge in [-0.1, -0.05) is 38.3 Å². The first kappa shape index (κ1) is 27.3. The van der Waals surface area contributed by atoms with E-state index >= 15 is 0 Å². The summed E-state index contributed by atoms with van der Waals surface area (Å²) in [5, 5.41) is 0. The predicted octanol–water partition coefficient (Wildman–Crippen LogP) is 5.67. The van der Waals surface area contributed by atoms with Gasteiger partial charge in [0.15, 0.2) is 0 Å². The van der Waals surface area contributed by atoms with Gasteiger partial charge in [0.1, 0.15) is 12.7 Å². The zero-order valence-corrected chi connectivity index (χ0v) is 21.1. The first-order chi connectivity index (χ1) is 17.4. The van der Waals surface area contributed by atoms with Crippen LogP contribution in [0.1, 0.15) is 79.8 Å². The first-order valence-electron chi connectivity index (χ1n) is 12.9. The summed E-state index contributed by atoms with van der Waals surface area (Å²) in [7, 11) is 0. The van der Waals surface area contributed by atoms with E-state index < -0.39 is 5.97 Å². The van der Waals surface area contributed by atoms with E-state index in [0.29, 0.717) is 22.5 Å². The quantitative estimate of drug-likeness (QED) is 0.169. The lowest BCUT2D eigenvalue weighted by Gasteiger charge is -2.28. The van der Waals surface area contributed by atoms with Gasteiger partial charge in [0.25, 0.3) is 0 Å². The molecule has 0 saturated heterocycles. The Kier molecular flexibility index (Phi) is 10.8. The molecule has 3 rings (SSSR count). The molecule has 1 aliphatic rings. The van der Waals surface area contributed by atoms with Gasteiger partial charge in [-0.15, -0.1) is 0 Å². The summed E-state index contributed by atoms with van der Waals surface area (Å²) in [4.78, 5) is 24.6. The van der Waals surface area contributed by atoms with Gasteiger partial charge in [-0.2, -0.15) is 0 Å². The Labute approximate surface area is 213 Å². The maximum absolute atomic E-state index is 12.6. The molecule has 194 valence electrons. The minimum Gasteiger partial charge on any atom is -0.459 e. The molecule has 0 aliphatic heterocycles. The molecule has 1 saturated carbocycles. The molecule has 1 fully saturated rings. The lowest BCUT2D eigenvalue weighted by Crippen LogP contribution is -2.28. The Balaban J connectivity index is 1.38. The Morgan fingerprint density at radius 3 is 2.39 bits per heavy atom. The zero-order valence-electron chi connectivity index (χ0n) is 21.1. The minimum atomic E-state index is -0.499. The van der Waals surface area contributed by atoms with Crippen molar-refractivity contribution in [3.63, 3.8) is 0 Å². The van der Waals surface area contributed by atoms with Crippen molar-refractivity contribution in [3.8, 4) is 0 Å². The van der Waals surface area contributed by atoms with Gasteiger partial charge in [0.05, 0.1) is 11.7 Å². The Morgan fingerprint density at radius 1 is 0.944 bits per heavy atom. The topological polar surface area (TPSA) is 114 Å². The second-order valence-electron chi connectivity index (χ2n) is 9.26. The molecule has 7 nitrogen and oxygen atoms in total. The van der Waals surface area contributed by atoms with Crippen LogP contribution in [0, 0.1) is 0 Å². The van der Waals surface area contributed by atoms with Gasteiger partial charge in [-0.05, 0) is 74.1 Å². The highest BCUT2D eigenvalue weighted by molar-refractivity contribution is 5.90. The van der Waals surface area contributed by atoms with Crippen LogP contribution in [0.3, 0.4) is 0 Å². The largest absolute Gasteiger partial charge is 0.459 e. The van der Waals surface area contributed by atoms with Crippen molar-refractivity contribution in [1.82, 2.24) is 0 Å². The predicted molar refractivity (Wildman–Crippen MR) is 142 cm³/mol. The molecule has 0 atom stereocenters. The lowest BCUT2D eigenvalue weighted by molar-refractivity contribution is -0.138. The van der Waals surface area contributed by atoms with Crippen molar-refractivity contribution < 1.29 is 23.8 Å². The van der Waals surface area contributed by atoms with E-state index in [-0.39, 0.29) is 24.8 Å². The zero-order chi connectivity index (χ0) is 25.8. The summed E-state index contributed by atoms with van der Waals surface area (Å²) < 4.78 is 16.9. The highest BCUT2D eigenvalue weighted by Gasteiger charge is 2.24. The SMILES string of the molecule is CCCCCCOC1CCC(OC(=O)c2ccc(C=CC(=O)OCc3cc(N)ccc3N)cc2)CC1. The maximum Gasteiger partial charge on any atom is 0.338 e. The van der Waals surface area contributed by atoms with Crippen LogP contribution in [-0.4, -0.2) is 30.8 Å². The van der Waals surface area contributed by atoms with Crippen LogP contribution in [0.25, 0.3) is 6.08 Å². The monoisotopic (exact) mass is 494 g/mol. The van der Waals surface area contributed by atoms with Crippen molar-refractivity contribution >= 4 is 29.4 Å². The minimum absolute atomic E-state index is 0.0395. The number of hydrogen-bond donors (Lipinski definition) is 2. The van der Waals surface area contributed by atoms with Crippen molar-refractivity contribution in [2.75, 3.05) is 18.1 Å². The molecule has 7 heteroatoms. The highest BCUT2D eigenvalue weighted by atomic mass is 16.5. The van der Waals surface area contributed by atoms with Crippen molar-refractivity contribution in [3.05, 3.63) is 65.2 Å². The van der Waals surface area contributed by atoms with Gasteiger partial charge in [0, 0.05) is 29.6 Å². The summed E-state index contributed by atoms with van der Waals surface area (Å²) in [5.41, 5.74) is 14.6. The van der Waals surface area contributed by atoms with E-state index in [1.165, 1.54) is 25.3 Å². The van der Waals surface area contributed by atoms with Crippen molar-refractivity contribution in [2.45, 2.75) is 77.1 Å². The van der Waals surface area contributed by atoms with E-state index in [4.69, 9.17) is 25.7 Å². The number of anilines is 2. The average molecular weight is 495 g/mol. The summed E-state index contributed by atoms with van der Waals surface area (Å²) >= 11 is 0. The van der Waals surface area contributed by atoms with Gasteiger partial charge in [-0.25, -0.2) is 9.59 Å². The molecular formula is C29H38N2O5. The van der Waals surface area contributed by atoms with Gasteiger partial charge < -0.3 is 25.7 Å². The van der Waals surface area contributed by atoms with Crippen molar-refractivity contribution in [1.29, 1.82) is 0 Å². The molecule has 1 aliphatic carbocycles. The fourth-order valence-electron chi connectivity index (χ4n) is 4.16. The number of esters is 2. The van der Waals surface area contributed by atoms with E-state index in [1.54, 1.807) is 48.5 Å². The molecular weight excluding hydrogens is 456 g/mol. The Hall–Kier alpha value is -3.32. The highest BCUT2D eigenvalue weighted by Crippen LogP contribution is 2.25. The number of ether oxygens (including phenoxy) is 3. The Morgan fingerprint density at radius 2 is 1.67 bits per heavy atom. The van der Waals surface area contributed by atoms with Crippen molar-refractivity contribution in [2.24, 2.45) is 0 Å². The summed E-state index contributed by atoms with van der Waals surface area (Å²) in [6.45, 7) is 3.07. The molecule has 0 heterocycles. The molecule has 0 unspecified atom stereocenters. The molecule has 0 bridgehead atoms. The third kappa shape index (κ3) is 9.04. The summed E-state index contributed by atoms with van der Waals surface area (Å²) in [5.74, 6) is -0.825. The fourth-order valence-corrected chi connectivity index (χ4v) is 4.16. The smallest absolute Gasteiger partial charge is 0.338 e. The molecule has 0 amide bonds. The standard InChI is InChI=1S/C29H38N2O5/c1-2-3-4-5-18-34-25-12-14-26(15-13-25)36-29(33)22-9-6-21(7-10-22)8-17-28(32)35-20-23-19-24(30)11-16-27(23)31/h6-11,16-17,19,25-26H,2-5,12-15,18,20,30-31H2,1H3. The second kappa shape index (κ2) is 14.3. The molecule has 2 aromatic rings. The number of rotatable bonds is 12. The number of hydrogen-bond acceptors (Lipinski definition) is 7. The molecule has 0 aromatic heterocycles. The third-order valence-electron chi connectivity index (χ3n) is 6.34. The molecule has 36 heavy (non-hydrogen) atoms. The average Bonchev–Trinajstić information content (AvgIpc) is 2.89. The summed E-state index contributed by atoms with van der Waals surface area (Å²) in [6.07, 6.45) is 11.5. The number of unbranched alkanes of at least 4 members (excludes halogenated alkanes) is 3. The molecule has 0 spiro atoms.